The Morgan fingerprint density at radius 2 is 1.94 bits per heavy atom. The first-order valence-corrected chi connectivity index (χ1v) is 12.7. The van der Waals surface area contributed by atoms with Gasteiger partial charge in [-0.1, -0.05) is 30.9 Å². The van der Waals surface area contributed by atoms with Gasteiger partial charge in [0.25, 0.3) is 10.0 Å². The zero-order chi connectivity index (χ0) is 24.3. The number of hydrogen-bond acceptors (Lipinski definition) is 2. The number of alkyl halides is 3. The van der Waals surface area contributed by atoms with E-state index in [9.17, 15) is 21.6 Å². The first kappa shape index (κ1) is 22.8. The van der Waals surface area contributed by atoms with Gasteiger partial charge in [-0.2, -0.15) is 13.2 Å². The van der Waals surface area contributed by atoms with E-state index in [0.717, 1.165) is 45.5 Å². The quantitative estimate of drug-likeness (QED) is 0.570. The van der Waals surface area contributed by atoms with Crippen LogP contribution in [0.25, 0.3) is 23.3 Å². The summed E-state index contributed by atoms with van der Waals surface area (Å²) in [5.41, 5.74) is 8.20. The third-order valence-corrected chi connectivity index (χ3v) is 8.46. The number of hydrogen-bond donors (Lipinski definition) is 0. The monoisotopic (exact) mass is 483 g/mol. The van der Waals surface area contributed by atoms with Gasteiger partial charge in [-0.15, -0.1) is 5.73 Å². The van der Waals surface area contributed by atoms with Crippen LogP contribution in [0.3, 0.4) is 0 Å². The van der Waals surface area contributed by atoms with Crippen LogP contribution in [0.2, 0.25) is 0 Å². The minimum Gasteiger partial charge on any atom is -0.241 e. The average Bonchev–Trinajstić information content (AvgIpc) is 3.28. The third-order valence-electron chi connectivity index (χ3n) is 6.79. The van der Waals surface area contributed by atoms with Crippen LogP contribution < -0.4 is 10.6 Å². The van der Waals surface area contributed by atoms with Gasteiger partial charge in [-0.25, -0.2) is 12.4 Å². The van der Waals surface area contributed by atoms with Crippen molar-refractivity contribution >= 4 is 33.3 Å². The van der Waals surface area contributed by atoms with E-state index in [1.807, 2.05) is 13.0 Å². The first-order valence-electron chi connectivity index (χ1n) is 11.2. The molecule has 0 aliphatic heterocycles. The molecule has 0 spiro atoms. The maximum absolute atomic E-state index is 13.7. The third kappa shape index (κ3) is 3.83. The van der Waals surface area contributed by atoms with Gasteiger partial charge in [-0.3, -0.25) is 0 Å². The van der Waals surface area contributed by atoms with Gasteiger partial charge in [0.2, 0.25) is 0 Å². The van der Waals surface area contributed by atoms with E-state index in [0.29, 0.717) is 22.8 Å². The molecule has 34 heavy (non-hydrogen) atoms. The van der Waals surface area contributed by atoms with Crippen LogP contribution in [-0.4, -0.2) is 18.6 Å². The van der Waals surface area contributed by atoms with Crippen molar-refractivity contribution in [1.29, 1.82) is 0 Å². The molecule has 7 heteroatoms. The molecular formula is C27H24F3NO2S. The predicted molar refractivity (Wildman–Crippen MR) is 128 cm³/mol. The van der Waals surface area contributed by atoms with Crippen molar-refractivity contribution in [3.05, 3.63) is 81.7 Å². The summed E-state index contributed by atoms with van der Waals surface area (Å²) in [6.07, 6.45) is 6.00. The van der Waals surface area contributed by atoms with Gasteiger partial charge in [0.05, 0.1) is 16.2 Å². The van der Waals surface area contributed by atoms with E-state index in [1.54, 1.807) is 18.2 Å². The topological polar surface area (TPSA) is 39.1 Å². The molecule has 1 heterocycles. The molecule has 3 aliphatic rings. The van der Waals surface area contributed by atoms with Crippen molar-refractivity contribution in [2.45, 2.75) is 50.1 Å². The molecule has 0 saturated carbocycles. The van der Waals surface area contributed by atoms with Crippen molar-refractivity contribution in [2.24, 2.45) is 5.92 Å². The SMILES string of the molecule is C=C1C=C=C(c2cn(S(=O)(=O)c3ccc4c(c3)C(C)=CC4)c3c2=CC(C(F)(F)F)CC=3)CCC1. The lowest BCUT2D eigenvalue weighted by atomic mass is 9.95. The van der Waals surface area contributed by atoms with Crippen LogP contribution in [0.5, 0.6) is 0 Å². The van der Waals surface area contributed by atoms with Crippen molar-refractivity contribution in [2.75, 3.05) is 0 Å². The molecule has 5 rings (SSSR count). The van der Waals surface area contributed by atoms with E-state index in [-0.39, 0.29) is 16.7 Å². The zero-order valence-electron chi connectivity index (χ0n) is 18.7. The smallest absolute Gasteiger partial charge is 0.241 e. The van der Waals surface area contributed by atoms with Gasteiger partial charge < -0.3 is 0 Å². The fraction of sp³-hybridized carbons (Fsp3) is 0.296. The standard InChI is InChI=1S/C27H24F3NO2S/c1-17-4-3-5-19(8-6-17)25-16-31(26-13-11-21(14-24(25)26)27(28,29)30)34(32,33)22-12-10-20-9-7-18(2)23(20)15-22/h6-7,10,12-16,21H,1,3-5,9,11H2,2H3. The Kier molecular flexibility index (Phi) is 5.38. The fourth-order valence-electron chi connectivity index (χ4n) is 4.85. The molecule has 0 bridgehead atoms. The number of rotatable bonds is 3. The molecule has 0 radical (unpaired) electrons. The second-order valence-electron chi connectivity index (χ2n) is 9.09. The van der Waals surface area contributed by atoms with Crippen LogP contribution >= 0.6 is 0 Å². The highest BCUT2D eigenvalue weighted by molar-refractivity contribution is 7.90. The number of nitrogens with zero attached hydrogens (tertiary/aromatic N) is 1. The Hall–Kier alpha value is -3.02. The molecule has 3 aliphatic carbocycles. The van der Waals surface area contributed by atoms with Gasteiger partial charge in [0.15, 0.2) is 0 Å². The summed E-state index contributed by atoms with van der Waals surface area (Å²) in [5.74, 6) is -1.66. The number of aromatic nitrogens is 1. The van der Waals surface area contributed by atoms with Gasteiger partial charge in [0.1, 0.15) is 0 Å². The van der Waals surface area contributed by atoms with E-state index in [4.69, 9.17) is 0 Å². The number of benzene rings is 1. The molecule has 0 N–H and O–H groups in total. The Morgan fingerprint density at radius 3 is 2.71 bits per heavy atom. The number of fused-ring (bicyclic) bond motifs is 2. The minimum absolute atomic E-state index is 0.121. The highest BCUT2D eigenvalue weighted by Gasteiger charge is 2.39. The fourth-order valence-corrected chi connectivity index (χ4v) is 6.26. The summed E-state index contributed by atoms with van der Waals surface area (Å²) < 4.78 is 69.3. The zero-order valence-corrected chi connectivity index (χ0v) is 19.6. The molecule has 1 unspecified atom stereocenters. The molecule has 176 valence electrons. The highest BCUT2D eigenvalue weighted by Crippen LogP contribution is 2.33. The van der Waals surface area contributed by atoms with Crippen molar-refractivity contribution < 1.29 is 21.6 Å². The Balaban J connectivity index is 1.73. The average molecular weight is 484 g/mol. The van der Waals surface area contributed by atoms with E-state index in [2.05, 4.69) is 18.4 Å². The highest BCUT2D eigenvalue weighted by atomic mass is 32.2. The number of allylic oxidation sites excluding steroid dienone is 4. The lowest BCUT2D eigenvalue weighted by Gasteiger charge is -2.17. The predicted octanol–water partition coefficient (Wildman–Crippen LogP) is 5.11. The van der Waals surface area contributed by atoms with Crippen molar-refractivity contribution in [1.82, 2.24) is 3.97 Å². The minimum atomic E-state index is -4.40. The Labute approximate surface area is 196 Å². The van der Waals surface area contributed by atoms with E-state index >= 15 is 0 Å². The van der Waals surface area contributed by atoms with Crippen LogP contribution in [0.1, 0.15) is 49.3 Å². The molecule has 1 aromatic carbocycles. The largest absolute Gasteiger partial charge is 0.395 e. The maximum atomic E-state index is 13.7. The second kappa shape index (κ2) is 8.03. The van der Waals surface area contributed by atoms with Gasteiger partial charge in [-0.05, 0) is 79.5 Å². The first-order chi connectivity index (χ1) is 16.1. The molecule has 1 atom stereocenters. The molecule has 0 amide bonds. The summed E-state index contributed by atoms with van der Waals surface area (Å²) in [4.78, 5) is 0.121. The normalized spacial score (nSPS) is 20.0. The van der Waals surface area contributed by atoms with Gasteiger partial charge >= 0.3 is 6.18 Å². The summed E-state index contributed by atoms with van der Waals surface area (Å²) in [7, 11) is -4.03. The molecule has 0 saturated heterocycles. The van der Waals surface area contributed by atoms with Gasteiger partial charge in [0, 0.05) is 22.6 Å². The van der Waals surface area contributed by atoms with Crippen molar-refractivity contribution in [3.8, 4) is 0 Å². The van der Waals surface area contributed by atoms with E-state index < -0.39 is 22.1 Å². The summed E-state index contributed by atoms with van der Waals surface area (Å²) in [6, 6.07) is 5.05. The second-order valence-corrected chi connectivity index (χ2v) is 10.9. The van der Waals surface area contributed by atoms with Crippen LogP contribution in [0, 0.1) is 5.92 Å². The van der Waals surface area contributed by atoms with E-state index in [1.165, 1.54) is 18.3 Å². The van der Waals surface area contributed by atoms with Crippen molar-refractivity contribution in [3.63, 3.8) is 0 Å². The summed E-state index contributed by atoms with van der Waals surface area (Å²) >= 11 is 0. The molecule has 0 fully saturated rings. The molecule has 3 nitrogen and oxygen atoms in total. The summed E-state index contributed by atoms with van der Waals surface area (Å²) in [5, 5.41) is 0.582. The van der Waals surface area contributed by atoms with Crippen LogP contribution in [-0.2, 0) is 16.4 Å². The lowest BCUT2D eigenvalue weighted by Crippen LogP contribution is -2.39. The number of halogens is 3. The van der Waals surface area contributed by atoms with Crippen LogP contribution in [0.15, 0.2) is 59.3 Å². The summed E-state index contributed by atoms with van der Waals surface area (Å²) in [6.45, 7) is 5.89. The van der Waals surface area contributed by atoms with Crippen LogP contribution in [0.4, 0.5) is 13.2 Å². The molecule has 1 aromatic heterocycles. The lowest BCUT2D eigenvalue weighted by molar-refractivity contribution is -0.155. The Morgan fingerprint density at radius 1 is 1.15 bits per heavy atom. The maximum Gasteiger partial charge on any atom is 0.395 e. The Bertz CT molecular complexity index is 1550. The molecular weight excluding hydrogens is 459 g/mol. The molecule has 2 aromatic rings.